The quantitative estimate of drug-likeness (QED) is 0.894. The minimum Gasteiger partial charge on any atom is -0.480 e. The van der Waals surface area contributed by atoms with E-state index in [4.69, 9.17) is 11.6 Å². The number of nitrogens with zero attached hydrogens (tertiary/aromatic N) is 1. The van der Waals surface area contributed by atoms with Gasteiger partial charge in [0.2, 0.25) is 0 Å². The Morgan fingerprint density at radius 3 is 2.47 bits per heavy atom. The Bertz CT molecular complexity index is 504. The summed E-state index contributed by atoms with van der Waals surface area (Å²) in [5, 5.41) is 12.6. The van der Waals surface area contributed by atoms with E-state index in [9.17, 15) is 14.7 Å². The monoisotopic (exact) mass is 284 g/mol. The highest BCUT2D eigenvalue weighted by Crippen LogP contribution is 2.29. The van der Waals surface area contributed by atoms with Crippen molar-refractivity contribution in [2.75, 3.05) is 0 Å². The number of amides is 1. The molecule has 0 bridgehead atoms. The molecule has 1 fully saturated rings. The standard InChI is InChI=1S/C13H17ClN2O3/c1-16-8-9(14)7-10(16)11(17)15-13(12(18)19)5-3-2-4-6-13/h7-8H,2-6H2,1H3,(H,15,17)(H,18,19). The zero-order valence-electron chi connectivity index (χ0n) is 10.8. The molecular formula is C13H17ClN2O3. The summed E-state index contributed by atoms with van der Waals surface area (Å²) in [6.45, 7) is 0. The van der Waals surface area contributed by atoms with Gasteiger partial charge >= 0.3 is 5.97 Å². The molecule has 2 N–H and O–H groups in total. The minimum absolute atomic E-state index is 0.371. The van der Waals surface area contributed by atoms with Crippen molar-refractivity contribution in [1.82, 2.24) is 9.88 Å². The topological polar surface area (TPSA) is 71.3 Å². The number of nitrogens with one attached hydrogen (secondary N) is 1. The van der Waals surface area contributed by atoms with Gasteiger partial charge in [-0.05, 0) is 18.9 Å². The molecule has 1 aliphatic carbocycles. The molecule has 1 aliphatic rings. The van der Waals surface area contributed by atoms with E-state index in [-0.39, 0.29) is 0 Å². The number of rotatable bonds is 3. The number of aryl methyl sites for hydroxylation is 1. The first kappa shape index (κ1) is 13.9. The van der Waals surface area contributed by atoms with Gasteiger partial charge in [-0.25, -0.2) is 4.79 Å². The molecule has 0 spiro atoms. The fourth-order valence-electron chi connectivity index (χ4n) is 2.58. The van der Waals surface area contributed by atoms with E-state index in [0.29, 0.717) is 23.6 Å². The molecule has 0 unspecified atom stereocenters. The van der Waals surface area contributed by atoms with Gasteiger partial charge in [-0.3, -0.25) is 4.79 Å². The number of carbonyl (C=O) groups excluding carboxylic acids is 1. The maximum Gasteiger partial charge on any atom is 0.329 e. The van der Waals surface area contributed by atoms with Crippen LogP contribution in [0.1, 0.15) is 42.6 Å². The lowest BCUT2D eigenvalue weighted by atomic mass is 9.81. The van der Waals surface area contributed by atoms with Crippen LogP contribution < -0.4 is 5.32 Å². The third kappa shape index (κ3) is 2.76. The second-order valence-electron chi connectivity index (χ2n) is 5.06. The van der Waals surface area contributed by atoms with Gasteiger partial charge in [0.15, 0.2) is 0 Å². The van der Waals surface area contributed by atoms with Crippen molar-refractivity contribution in [1.29, 1.82) is 0 Å². The van der Waals surface area contributed by atoms with Crippen molar-refractivity contribution in [3.8, 4) is 0 Å². The summed E-state index contributed by atoms with van der Waals surface area (Å²) in [6.07, 6.45) is 5.23. The molecule has 2 rings (SSSR count). The summed E-state index contributed by atoms with van der Waals surface area (Å²) in [5.41, 5.74) is -0.761. The first-order chi connectivity index (χ1) is 8.94. The smallest absolute Gasteiger partial charge is 0.329 e. The van der Waals surface area contributed by atoms with Crippen molar-refractivity contribution < 1.29 is 14.7 Å². The molecule has 1 amide bonds. The Hall–Kier alpha value is -1.49. The number of hydrogen-bond donors (Lipinski definition) is 2. The molecule has 0 atom stereocenters. The van der Waals surface area contributed by atoms with E-state index in [1.165, 1.54) is 6.07 Å². The Morgan fingerprint density at radius 2 is 2.00 bits per heavy atom. The van der Waals surface area contributed by atoms with Crippen LogP contribution >= 0.6 is 11.6 Å². The molecular weight excluding hydrogens is 268 g/mol. The van der Waals surface area contributed by atoms with Crippen LogP contribution in [0, 0.1) is 0 Å². The van der Waals surface area contributed by atoms with Crippen LogP contribution in [0.4, 0.5) is 0 Å². The van der Waals surface area contributed by atoms with E-state index < -0.39 is 17.4 Å². The SMILES string of the molecule is Cn1cc(Cl)cc1C(=O)NC1(C(=O)O)CCCCC1. The van der Waals surface area contributed by atoms with Crippen molar-refractivity contribution in [2.45, 2.75) is 37.6 Å². The average Bonchev–Trinajstić information content (AvgIpc) is 2.69. The number of aliphatic carboxylic acids is 1. The lowest BCUT2D eigenvalue weighted by Crippen LogP contribution is -2.55. The maximum absolute atomic E-state index is 12.2. The molecule has 1 heterocycles. The number of carbonyl (C=O) groups is 2. The van der Waals surface area contributed by atoms with Gasteiger partial charge in [0.1, 0.15) is 11.2 Å². The predicted octanol–water partition coefficient (Wildman–Crippen LogP) is 2.20. The third-order valence-electron chi connectivity index (χ3n) is 3.67. The van der Waals surface area contributed by atoms with Crippen LogP contribution in [0.2, 0.25) is 5.02 Å². The molecule has 1 aromatic heterocycles. The highest BCUT2D eigenvalue weighted by molar-refractivity contribution is 6.31. The molecule has 0 aromatic carbocycles. The van der Waals surface area contributed by atoms with Crippen molar-refractivity contribution >= 4 is 23.5 Å². The van der Waals surface area contributed by atoms with Crippen LogP contribution in [-0.4, -0.2) is 27.1 Å². The van der Waals surface area contributed by atoms with Gasteiger partial charge in [-0.1, -0.05) is 30.9 Å². The van der Waals surface area contributed by atoms with Crippen molar-refractivity contribution in [2.24, 2.45) is 7.05 Å². The highest BCUT2D eigenvalue weighted by Gasteiger charge is 2.41. The second-order valence-corrected chi connectivity index (χ2v) is 5.49. The average molecular weight is 285 g/mol. The zero-order valence-corrected chi connectivity index (χ0v) is 11.5. The summed E-state index contributed by atoms with van der Waals surface area (Å²) in [6, 6.07) is 1.54. The fourth-order valence-corrected chi connectivity index (χ4v) is 2.83. The van der Waals surface area contributed by atoms with Crippen molar-refractivity contribution in [3.05, 3.63) is 23.0 Å². The normalized spacial score (nSPS) is 18.0. The summed E-state index contributed by atoms with van der Waals surface area (Å²) in [5.74, 6) is -1.35. The van der Waals surface area contributed by atoms with Gasteiger partial charge in [0.25, 0.3) is 5.91 Å². The Labute approximate surface area is 116 Å². The summed E-state index contributed by atoms with van der Waals surface area (Å²) in [7, 11) is 1.70. The third-order valence-corrected chi connectivity index (χ3v) is 3.88. The fraction of sp³-hybridized carbons (Fsp3) is 0.538. The van der Waals surface area contributed by atoms with Gasteiger partial charge in [0, 0.05) is 13.2 Å². The maximum atomic E-state index is 12.2. The summed E-state index contributed by atoms with van der Waals surface area (Å²) >= 11 is 5.83. The number of carboxylic acids is 1. The molecule has 0 aliphatic heterocycles. The molecule has 1 saturated carbocycles. The highest BCUT2D eigenvalue weighted by atomic mass is 35.5. The van der Waals surface area contributed by atoms with Crippen LogP contribution in [-0.2, 0) is 11.8 Å². The number of halogens is 1. The lowest BCUT2D eigenvalue weighted by molar-refractivity contribution is -0.145. The van der Waals surface area contributed by atoms with E-state index >= 15 is 0 Å². The minimum atomic E-state index is -1.13. The number of hydrogen-bond acceptors (Lipinski definition) is 2. The zero-order chi connectivity index (χ0) is 14.0. The first-order valence-electron chi connectivity index (χ1n) is 6.32. The molecule has 5 nitrogen and oxygen atoms in total. The first-order valence-corrected chi connectivity index (χ1v) is 6.70. The summed E-state index contributed by atoms with van der Waals surface area (Å²) < 4.78 is 1.59. The molecule has 19 heavy (non-hydrogen) atoms. The van der Waals surface area contributed by atoms with Crippen LogP contribution in [0.15, 0.2) is 12.3 Å². The van der Waals surface area contributed by atoms with Gasteiger partial charge < -0.3 is 15.0 Å². The summed E-state index contributed by atoms with van der Waals surface area (Å²) in [4.78, 5) is 23.7. The van der Waals surface area contributed by atoms with Crippen LogP contribution in [0.5, 0.6) is 0 Å². The molecule has 1 aromatic rings. The molecule has 6 heteroatoms. The Kier molecular flexibility index (Phi) is 3.85. The Morgan fingerprint density at radius 1 is 1.37 bits per heavy atom. The van der Waals surface area contributed by atoms with E-state index in [2.05, 4.69) is 5.32 Å². The van der Waals surface area contributed by atoms with E-state index in [1.54, 1.807) is 17.8 Å². The van der Waals surface area contributed by atoms with Crippen molar-refractivity contribution in [3.63, 3.8) is 0 Å². The molecule has 104 valence electrons. The van der Waals surface area contributed by atoms with Gasteiger partial charge in [-0.15, -0.1) is 0 Å². The van der Waals surface area contributed by atoms with Crippen LogP contribution in [0.25, 0.3) is 0 Å². The predicted molar refractivity (Wildman–Crippen MR) is 71.3 cm³/mol. The molecule has 0 radical (unpaired) electrons. The van der Waals surface area contributed by atoms with E-state index in [1.807, 2.05) is 0 Å². The number of carboxylic acid groups (broad SMARTS) is 1. The second kappa shape index (κ2) is 5.25. The largest absolute Gasteiger partial charge is 0.480 e. The Balaban J connectivity index is 2.20. The lowest BCUT2D eigenvalue weighted by Gasteiger charge is -2.33. The van der Waals surface area contributed by atoms with Gasteiger partial charge in [0.05, 0.1) is 5.02 Å². The number of aromatic nitrogens is 1. The van der Waals surface area contributed by atoms with Gasteiger partial charge in [-0.2, -0.15) is 0 Å². The van der Waals surface area contributed by atoms with Crippen LogP contribution in [0.3, 0.4) is 0 Å². The molecule has 0 saturated heterocycles. The van der Waals surface area contributed by atoms with E-state index in [0.717, 1.165) is 19.3 Å².